The molecular weight excluding hydrogens is 432 g/mol. The van der Waals surface area contributed by atoms with Crippen molar-refractivity contribution in [1.82, 2.24) is 14.5 Å². The van der Waals surface area contributed by atoms with E-state index in [9.17, 15) is 18.5 Å². The van der Waals surface area contributed by atoms with Gasteiger partial charge in [0, 0.05) is 32.2 Å². The lowest BCUT2D eigenvalue weighted by Crippen LogP contribution is -2.58. The van der Waals surface area contributed by atoms with Crippen molar-refractivity contribution in [2.75, 3.05) is 39.4 Å². The second-order valence-electron chi connectivity index (χ2n) is 8.67. The second kappa shape index (κ2) is 9.25. The molecule has 174 valence electrons. The van der Waals surface area contributed by atoms with Crippen LogP contribution in [-0.4, -0.2) is 74.5 Å². The van der Waals surface area contributed by atoms with Gasteiger partial charge in [0.25, 0.3) is 0 Å². The van der Waals surface area contributed by atoms with Gasteiger partial charge in [-0.1, -0.05) is 19.3 Å². The Morgan fingerprint density at radius 2 is 1.75 bits per heavy atom. The standard InChI is InChI=1S/C22H30N4O5S/c1-17(21(27)24-22(16-23)7-3-2-4-8-22)25-9-11-26(12-10-25)32(28,29)18-5-6-19-20(15-18)31-14-13-30-19/h5-6,15,17H,2-4,7-14H2,1H3,(H,24,27)/t17-/m1/s1. The normalized spacial score (nSPS) is 22.5. The molecule has 1 saturated heterocycles. The molecule has 3 aliphatic rings. The van der Waals surface area contributed by atoms with E-state index in [0.717, 1.165) is 19.3 Å². The molecule has 4 rings (SSSR count). The van der Waals surface area contributed by atoms with E-state index in [-0.39, 0.29) is 23.9 Å². The highest BCUT2D eigenvalue weighted by molar-refractivity contribution is 7.89. The highest BCUT2D eigenvalue weighted by Gasteiger charge is 2.37. The maximum Gasteiger partial charge on any atom is 0.243 e. The van der Waals surface area contributed by atoms with Gasteiger partial charge in [0.2, 0.25) is 15.9 Å². The first-order chi connectivity index (χ1) is 15.3. The van der Waals surface area contributed by atoms with E-state index in [1.54, 1.807) is 6.07 Å². The molecule has 2 fully saturated rings. The number of carbonyl (C=O) groups is 1. The quantitative estimate of drug-likeness (QED) is 0.706. The first kappa shape index (κ1) is 22.8. The van der Waals surface area contributed by atoms with Crippen LogP contribution < -0.4 is 14.8 Å². The number of fused-ring (bicyclic) bond motifs is 1. The van der Waals surface area contributed by atoms with Crippen molar-refractivity contribution in [2.24, 2.45) is 0 Å². The van der Waals surface area contributed by atoms with Gasteiger partial charge in [-0.15, -0.1) is 0 Å². The lowest BCUT2D eigenvalue weighted by atomic mass is 9.82. The van der Waals surface area contributed by atoms with Crippen LogP contribution in [0.1, 0.15) is 39.0 Å². The summed E-state index contributed by atoms with van der Waals surface area (Å²) in [6, 6.07) is 6.56. The van der Waals surface area contributed by atoms with Crippen molar-refractivity contribution in [3.05, 3.63) is 18.2 Å². The van der Waals surface area contributed by atoms with Gasteiger partial charge in [0.05, 0.1) is 17.0 Å². The van der Waals surface area contributed by atoms with E-state index in [2.05, 4.69) is 11.4 Å². The maximum absolute atomic E-state index is 13.1. The zero-order chi connectivity index (χ0) is 22.8. The molecule has 1 saturated carbocycles. The van der Waals surface area contributed by atoms with Gasteiger partial charge >= 0.3 is 0 Å². The van der Waals surface area contributed by atoms with Gasteiger partial charge in [-0.2, -0.15) is 9.57 Å². The fourth-order valence-electron chi connectivity index (χ4n) is 4.59. The molecule has 0 unspecified atom stereocenters. The molecule has 1 aromatic carbocycles. The molecule has 0 radical (unpaired) electrons. The van der Waals surface area contributed by atoms with Crippen molar-refractivity contribution in [2.45, 2.75) is 55.5 Å². The van der Waals surface area contributed by atoms with Crippen molar-refractivity contribution < 1.29 is 22.7 Å². The summed E-state index contributed by atoms with van der Waals surface area (Å²) in [5.41, 5.74) is -0.771. The van der Waals surface area contributed by atoms with Crippen LogP contribution in [0.2, 0.25) is 0 Å². The van der Waals surface area contributed by atoms with E-state index in [0.29, 0.717) is 50.6 Å². The Hall–Kier alpha value is -2.35. The summed E-state index contributed by atoms with van der Waals surface area (Å²) in [6.07, 6.45) is 4.35. The Morgan fingerprint density at radius 1 is 1.09 bits per heavy atom. The number of rotatable bonds is 5. The molecule has 32 heavy (non-hydrogen) atoms. The van der Waals surface area contributed by atoms with Crippen LogP contribution in [0.4, 0.5) is 0 Å². The summed E-state index contributed by atoms with van der Waals surface area (Å²) in [5, 5.41) is 12.6. The predicted molar refractivity (Wildman–Crippen MR) is 117 cm³/mol. The number of hydrogen-bond acceptors (Lipinski definition) is 7. The molecule has 1 aliphatic carbocycles. The number of nitrogens with one attached hydrogen (secondary N) is 1. The Bertz CT molecular complexity index is 992. The summed E-state index contributed by atoms with van der Waals surface area (Å²) in [5.74, 6) is 0.819. The fourth-order valence-corrected chi connectivity index (χ4v) is 6.03. The summed E-state index contributed by atoms with van der Waals surface area (Å²) in [7, 11) is -3.67. The molecule has 9 nitrogen and oxygen atoms in total. The third-order valence-corrected chi connectivity index (χ3v) is 8.53. The number of hydrogen-bond donors (Lipinski definition) is 1. The highest BCUT2D eigenvalue weighted by atomic mass is 32.2. The fraction of sp³-hybridized carbons (Fsp3) is 0.636. The van der Waals surface area contributed by atoms with Crippen molar-refractivity contribution in [3.8, 4) is 17.6 Å². The molecule has 2 heterocycles. The van der Waals surface area contributed by atoms with E-state index < -0.39 is 21.6 Å². The number of ether oxygens (including phenoxy) is 2. The lowest BCUT2D eigenvalue weighted by Gasteiger charge is -2.38. The van der Waals surface area contributed by atoms with Crippen molar-refractivity contribution in [1.29, 1.82) is 5.26 Å². The van der Waals surface area contributed by atoms with Gasteiger partial charge in [-0.3, -0.25) is 9.69 Å². The Morgan fingerprint density at radius 3 is 2.41 bits per heavy atom. The minimum absolute atomic E-state index is 0.170. The zero-order valence-electron chi connectivity index (χ0n) is 18.4. The van der Waals surface area contributed by atoms with Crippen LogP contribution in [0.5, 0.6) is 11.5 Å². The van der Waals surface area contributed by atoms with Gasteiger partial charge in [0.15, 0.2) is 11.5 Å². The predicted octanol–water partition coefficient (Wildman–Crippen LogP) is 1.50. The van der Waals surface area contributed by atoms with Gasteiger partial charge in [0.1, 0.15) is 18.8 Å². The molecule has 2 aliphatic heterocycles. The summed E-state index contributed by atoms with van der Waals surface area (Å²) in [6.45, 7) is 4.12. The number of amides is 1. The number of piperazine rings is 1. The molecule has 10 heteroatoms. The van der Waals surface area contributed by atoms with Crippen LogP contribution in [-0.2, 0) is 14.8 Å². The molecule has 1 atom stereocenters. The first-order valence-electron chi connectivity index (χ1n) is 11.2. The van der Waals surface area contributed by atoms with Crippen LogP contribution in [0.25, 0.3) is 0 Å². The van der Waals surface area contributed by atoms with Gasteiger partial charge in [-0.05, 0) is 31.9 Å². The SMILES string of the molecule is C[C@H](C(=O)NC1(C#N)CCCCC1)N1CCN(S(=O)(=O)c2ccc3c(c2)OCCO3)CC1. The molecule has 1 N–H and O–H groups in total. The number of sulfonamides is 1. The number of nitriles is 1. The topological polar surface area (TPSA) is 112 Å². The molecule has 1 aromatic rings. The Labute approximate surface area is 189 Å². The first-order valence-corrected chi connectivity index (χ1v) is 12.7. The average molecular weight is 463 g/mol. The molecule has 0 bridgehead atoms. The smallest absolute Gasteiger partial charge is 0.243 e. The monoisotopic (exact) mass is 462 g/mol. The largest absolute Gasteiger partial charge is 0.486 e. The zero-order valence-corrected chi connectivity index (χ0v) is 19.2. The van der Waals surface area contributed by atoms with E-state index in [1.807, 2.05) is 11.8 Å². The summed E-state index contributed by atoms with van der Waals surface area (Å²) < 4.78 is 38.7. The molecular formula is C22H30N4O5S. The number of carbonyl (C=O) groups excluding carboxylic acids is 1. The van der Waals surface area contributed by atoms with E-state index >= 15 is 0 Å². The van der Waals surface area contributed by atoms with Gasteiger partial charge < -0.3 is 14.8 Å². The number of benzene rings is 1. The molecule has 0 aromatic heterocycles. The minimum atomic E-state index is -3.67. The van der Waals surface area contributed by atoms with Crippen LogP contribution in [0.15, 0.2) is 23.1 Å². The van der Waals surface area contributed by atoms with E-state index in [4.69, 9.17) is 9.47 Å². The third-order valence-electron chi connectivity index (χ3n) is 6.64. The van der Waals surface area contributed by atoms with Gasteiger partial charge in [-0.25, -0.2) is 8.42 Å². The number of nitrogens with zero attached hydrogens (tertiary/aromatic N) is 3. The Balaban J connectivity index is 1.37. The van der Waals surface area contributed by atoms with Crippen molar-refractivity contribution >= 4 is 15.9 Å². The summed E-state index contributed by atoms with van der Waals surface area (Å²) >= 11 is 0. The van der Waals surface area contributed by atoms with Crippen LogP contribution >= 0.6 is 0 Å². The Kier molecular flexibility index (Phi) is 6.60. The van der Waals surface area contributed by atoms with Crippen molar-refractivity contribution in [3.63, 3.8) is 0 Å². The highest BCUT2D eigenvalue weighted by Crippen LogP contribution is 2.33. The van der Waals surface area contributed by atoms with Crippen LogP contribution in [0.3, 0.4) is 0 Å². The summed E-state index contributed by atoms with van der Waals surface area (Å²) in [4.78, 5) is 15.0. The van der Waals surface area contributed by atoms with E-state index in [1.165, 1.54) is 16.4 Å². The second-order valence-corrected chi connectivity index (χ2v) is 10.6. The van der Waals surface area contributed by atoms with Crippen LogP contribution in [0, 0.1) is 11.3 Å². The molecule has 0 spiro atoms. The maximum atomic E-state index is 13.1. The average Bonchev–Trinajstić information content (AvgIpc) is 2.83. The minimum Gasteiger partial charge on any atom is -0.486 e. The molecule has 1 amide bonds. The third kappa shape index (κ3) is 4.56. The lowest BCUT2D eigenvalue weighted by molar-refractivity contribution is -0.128.